The van der Waals surface area contributed by atoms with Gasteiger partial charge in [0.2, 0.25) is 5.91 Å². The Bertz CT molecular complexity index is 1120. The molecule has 1 aliphatic heterocycles. The van der Waals surface area contributed by atoms with Gasteiger partial charge in [0.15, 0.2) is 0 Å². The van der Waals surface area contributed by atoms with E-state index in [4.69, 9.17) is 0 Å². The van der Waals surface area contributed by atoms with E-state index in [9.17, 15) is 18.0 Å². The number of para-hydroxylation sites is 1. The summed E-state index contributed by atoms with van der Waals surface area (Å²) < 4.78 is 28.5. The molecule has 4 rings (SSSR count). The predicted octanol–water partition coefficient (Wildman–Crippen LogP) is 2.80. The number of benzene rings is 2. The molecule has 1 saturated carbocycles. The molecule has 2 aliphatic rings. The van der Waals surface area contributed by atoms with E-state index >= 15 is 0 Å². The number of rotatable bonds is 5. The largest absolute Gasteiger partial charge is 0.339 e. The maximum Gasteiger partial charge on any atom is 0.261 e. The molecule has 2 aromatic rings. The van der Waals surface area contributed by atoms with Crippen molar-refractivity contribution in [2.45, 2.75) is 31.6 Å². The van der Waals surface area contributed by atoms with Crippen LogP contribution in [-0.4, -0.2) is 56.2 Å². The summed E-state index contributed by atoms with van der Waals surface area (Å²) in [5.74, 6) is 0.162. The van der Waals surface area contributed by atoms with E-state index in [1.807, 2.05) is 24.0 Å². The molecule has 2 aromatic carbocycles. The van der Waals surface area contributed by atoms with Crippen LogP contribution in [0.4, 0.5) is 5.69 Å². The van der Waals surface area contributed by atoms with Crippen LogP contribution in [0.5, 0.6) is 0 Å². The third-order valence-electron chi connectivity index (χ3n) is 5.94. The van der Waals surface area contributed by atoms with Gasteiger partial charge in [0.05, 0.1) is 10.6 Å². The molecule has 164 valence electrons. The molecule has 1 heterocycles. The highest BCUT2D eigenvalue weighted by atomic mass is 32.2. The van der Waals surface area contributed by atoms with Gasteiger partial charge in [-0.3, -0.25) is 14.3 Å². The maximum atomic E-state index is 13.1. The summed E-state index contributed by atoms with van der Waals surface area (Å²) in [5, 5.41) is 0. The van der Waals surface area contributed by atoms with Crippen molar-refractivity contribution >= 4 is 27.5 Å². The Morgan fingerprint density at radius 3 is 2.19 bits per heavy atom. The van der Waals surface area contributed by atoms with Crippen molar-refractivity contribution in [1.82, 2.24) is 9.80 Å². The summed E-state index contributed by atoms with van der Waals surface area (Å²) in [6, 6.07) is 11.8. The molecule has 1 aliphatic carbocycles. The van der Waals surface area contributed by atoms with E-state index in [2.05, 4.69) is 4.72 Å². The van der Waals surface area contributed by atoms with Gasteiger partial charge in [0, 0.05) is 37.7 Å². The van der Waals surface area contributed by atoms with Crippen LogP contribution in [0.3, 0.4) is 0 Å². The number of amides is 2. The average molecular weight is 442 g/mol. The van der Waals surface area contributed by atoms with Crippen molar-refractivity contribution < 1.29 is 18.0 Å². The quantitative estimate of drug-likeness (QED) is 0.773. The fourth-order valence-corrected chi connectivity index (χ4v) is 4.94. The van der Waals surface area contributed by atoms with Gasteiger partial charge in [-0.25, -0.2) is 8.42 Å². The molecule has 0 radical (unpaired) electrons. The zero-order chi connectivity index (χ0) is 22.2. The van der Waals surface area contributed by atoms with Crippen molar-refractivity contribution in [2.24, 2.45) is 5.92 Å². The highest BCUT2D eigenvalue weighted by Crippen LogP contribution is 2.31. The highest BCUT2D eigenvalue weighted by Gasteiger charge is 2.35. The number of nitrogens with zero attached hydrogens (tertiary/aromatic N) is 2. The fourth-order valence-electron chi connectivity index (χ4n) is 3.78. The Morgan fingerprint density at radius 2 is 1.55 bits per heavy atom. The molecule has 0 spiro atoms. The number of carbonyl (C=O) groups excluding carboxylic acids is 2. The van der Waals surface area contributed by atoms with Crippen LogP contribution < -0.4 is 4.72 Å². The minimum atomic E-state index is -3.84. The van der Waals surface area contributed by atoms with E-state index in [1.165, 1.54) is 12.1 Å². The van der Waals surface area contributed by atoms with Gasteiger partial charge in [-0.2, -0.15) is 0 Å². The Kier molecular flexibility index (Phi) is 5.75. The number of aryl methyl sites for hydroxylation is 2. The maximum absolute atomic E-state index is 13.1. The average Bonchev–Trinajstić information content (AvgIpc) is 3.60. The Hall–Kier alpha value is -2.87. The summed E-state index contributed by atoms with van der Waals surface area (Å²) in [6.45, 7) is 5.57. The first-order valence-corrected chi connectivity index (χ1v) is 12.0. The molecule has 1 N–H and O–H groups in total. The van der Waals surface area contributed by atoms with Crippen LogP contribution >= 0.6 is 0 Å². The Labute approximate surface area is 183 Å². The number of nitrogens with one attached hydrogen (secondary N) is 1. The lowest BCUT2D eigenvalue weighted by atomic mass is 10.1. The molecule has 31 heavy (non-hydrogen) atoms. The van der Waals surface area contributed by atoms with Crippen LogP contribution in [-0.2, 0) is 14.8 Å². The Morgan fingerprint density at radius 1 is 0.903 bits per heavy atom. The van der Waals surface area contributed by atoms with Crippen LogP contribution in [0.25, 0.3) is 0 Å². The lowest BCUT2D eigenvalue weighted by Gasteiger charge is -2.35. The molecule has 2 amide bonds. The van der Waals surface area contributed by atoms with Crippen LogP contribution in [0.1, 0.15) is 34.3 Å². The van der Waals surface area contributed by atoms with Gasteiger partial charge in [-0.05, 0) is 56.0 Å². The topological polar surface area (TPSA) is 86.8 Å². The van der Waals surface area contributed by atoms with Crippen LogP contribution in [0.2, 0.25) is 0 Å². The predicted molar refractivity (Wildman–Crippen MR) is 118 cm³/mol. The SMILES string of the molecule is Cc1ccccc1NS(=O)(=O)c1ccc(C)c(C(=O)N2CCN(C(=O)C3CC3)CC2)c1. The molecular formula is C23H27N3O4S. The smallest absolute Gasteiger partial charge is 0.261 e. The van der Waals surface area contributed by atoms with E-state index in [-0.39, 0.29) is 22.6 Å². The number of anilines is 1. The first-order chi connectivity index (χ1) is 14.8. The van der Waals surface area contributed by atoms with Gasteiger partial charge in [-0.15, -0.1) is 0 Å². The first kappa shape index (κ1) is 21.4. The highest BCUT2D eigenvalue weighted by molar-refractivity contribution is 7.92. The van der Waals surface area contributed by atoms with Crippen molar-refractivity contribution in [3.05, 3.63) is 59.2 Å². The van der Waals surface area contributed by atoms with Crippen LogP contribution in [0.15, 0.2) is 47.4 Å². The zero-order valence-corrected chi connectivity index (χ0v) is 18.6. The molecular weight excluding hydrogens is 414 g/mol. The number of carbonyl (C=O) groups is 2. The number of piperazine rings is 1. The van der Waals surface area contributed by atoms with Crippen LogP contribution in [0, 0.1) is 19.8 Å². The van der Waals surface area contributed by atoms with Gasteiger partial charge in [-0.1, -0.05) is 24.3 Å². The molecule has 8 heteroatoms. The summed E-state index contributed by atoms with van der Waals surface area (Å²) in [6.07, 6.45) is 1.93. The third kappa shape index (κ3) is 4.58. The zero-order valence-electron chi connectivity index (χ0n) is 17.8. The lowest BCUT2D eigenvalue weighted by molar-refractivity contribution is -0.134. The standard InChI is InChI=1S/C23H27N3O4S/c1-16-7-10-19(31(29,30)24-21-6-4-3-5-17(21)2)15-20(16)23(28)26-13-11-25(12-14-26)22(27)18-8-9-18/h3-7,10,15,18,24H,8-9,11-14H2,1-2H3. The summed E-state index contributed by atoms with van der Waals surface area (Å²) in [5.41, 5.74) is 2.41. The minimum Gasteiger partial charge on any atom is -0.339 e. The number of hydrogen-bond donors (Lipinski definition) is 1. The second kappa shape index (κ2) is 8.34. The molecule has 0 unspecified atom stereocenters. The molecule has 1 saturated heterocycles. The van der Waals surface area contributed by atoms with Crippen molar-refractivity contribution in [1.29, 1.82) is 0 Å². The first-order valence-electron chi connectivity index (χ1n) is 10.5. The summed E-state index contributed by atoms with van der Waals surface area (Å²) >= 11 is 0. The molecule has 0 bridgehead atoms. The van der Waals surface area contributed by atoms with Gasteiger partial charge >= 0.3 is 0 Å². The van der Waals surface area contributed by atoms with E-state index < -0.39 is 10.0 Å². The third-order valence-corrected chi connectivity index (χ3v) is 7.31. The molecule has 0 aromatic heterocycles. The van der Waals surface area contributed by atoms with E-state index in [0.717, 1.165) is 24.0 Å². The second-order valence-corrected chi connectivity index (χ2v) is 9.97. The Balaban J connectivity index is 1.50. The lowest BCUT2D eigenvalue weighted by Crippen LogP contribution is -2.51. The monoisotopic (exact) mass is 441 g/mol. The van der Waals surface area contributed by atoms with E-state index in [1.54, 1.807) is 30.0 Å². The van der Waals surface area contributed by atoms with Crippen molar-refractivity contribution in [2.75, 3.05) is 30.9 Å². The molecule has 7 nitrogen and oxygen atoms in total. The molecule has 2 fully saturated rings. The van der Waals surface area contributed by atoms with Crippen molar-refractivity contribution in [3.63, 3.8) is 0 Å². The second-order valence-electron chi connectivity index (χ2n) is 8.29. The minimum absolute atomic E-state index is 0.0484. The summed E-state index contributed by atoms with van der Waals surface area (Å²) in [4.78, 5) is 29.0. The summed E-state index contributed by atoms with van der Waals surface area (Å²) in [7, 11) is -3.84. The van der Waals surface area contributed by atoms with Gasteiger partial charge < -0.3 is 9.80 Å². The number of sulfonamides is 1. The normalized spacial score (nSPS) is 16.8. The van der Waals surface area contributed by atoms with Crippen molar-refractivity contribution in [3.8, 4) is 0 Å². The fraction of sp³-hybridized carbons (Fsp3) is 0.391. The van der Waals surface area contributed by atoms with Gasteiger partial charge in [0.1, 0.15) is 0 Å². The number of hydrogen-bond acceptors (Lipinski definition) is 4. The molecule has 0 atom stereocenters. The van der Waals surface area contributed by atoms with E-state index in [0.29, 0.717) is 37.4 Å². The van der Waals surface area contributed by atoms with Gasteiger partial charge in [0.25, 0.3) is 15.9 Å².